The molecule has 1 heterocycles. The lowest BCUT2D eigenvalue weighted by Crippen LogP contribution is -2.41. The van der Waals surface area contributed by atoms with E-state index in [4.69, 9.17) is 16.3 Å². The summed E-state index contributed by atoms with van der Waals surface area (Å²) in [6, 6.07) is 15.6. The molecule has 1 saturated heterocycles. The van der Waals surface area contributed by atoms with Gasteiger partial charge in [-0.2, -0.15) is 0 Å². The minimum Gasteiger partial charge on any atom is -0.449 e. The predicted molar refractivity (Wildman–Crippen MR) is 106 cm³/mol. The summed E-state index contributed by atoms with van der Waals surface area (Å²) in [5.41, 5.74) is 1.70. The second-order valence-corrected chi connectivity index (χ2v) is 6.68. The molecule has 1 N–H and O–H groups in total. The van der Waals surface area contributed by atoms with Crippen molar-refractivity contribution in [3.63, 3.8) is 0 Å². The average Bonchev–Trinajstić information content (AvgIpc) is 3.13. The molecule has 2 aromatic carbocycles. The lowest BCUT2D eigenvalue weighted by atomic mass is 10.0. The number of nitrogens with one attached hydrogen (secondary N) is 1. The molecule has 2 aromatic rings. The molecule has 28 heavy (non-hydrogen) atoms. The molecular formula is C21H19ClN2O4. The quantitative estimate of drug-likeness (QED) is 0.476. The van der Waals surface area contributed by atoms with E-state index in [1.54, 1.807) is 30.3 Å². The van der Waals surface area contributed by atoms with Gasteiger partial charge in [0.15, 0.2) is 6.10 Å². The molecule has 144 valence electrons. The summed E-state index contributed by atoms with van der Waals surface area (Å²) >= 11 is 5.94. The Labute approximate surface area is 167 Å². The second-order valence-electron chi connectivity index (χ2n) is 6.24. The van der Waals surface area contributed by atoms with Crippen LogP contribution in [0.4, 0.5) is 4.79 Å². The highest BCUT2D eigenvalue weighted by Gasteiger charge is 2.32. The summed E-state index contributed by atoms with van der Waals surface area (Å²) in [6.45, 7) is 2.09. The Balaban J connectivity index is 1.84. The number of esters is 1. The van der Waals surface area contributed by atoms with Crippen LogP contribution in [0, 0.1) is 0 Å². The molecule has 1 atom stereocenters. The fourth-order valence-corrected chi connectivity index (χ4v) is 2.91. The van der Waals surface area contributed by atoms with Gasteiger partial charge in [-0.05, 0) is 36.3 Å². The fourth-order valence-electron chi connectivity index (χ4n) is 2.78. The topological polar surface area (TPSA) is 75.7 Å². The number of hydrogen-bond acceptors (Lipinski definition) is 4. The van der Waals surface area contributed by atoms with E-state index in [1.165, 1.54) is 6.92 Å². The normalized spacial score (nSPS) is 15.1. The van der Waals surface area contributed by atoms with Crippen molar-refractivity contribution in [3.8, 4) is 0 Å². The van der Waals surface area contributed by atoms with Gasteiger partial charge in [0.2, 0.25) is 0 Å². The van der Waals surface area contributed by atoms with Gasteiger partial charge in [-0.25, -0.2) is 9.59 Å². The van der Waals surface area contributed by atoms with Crippen molar-refractivity contribution < 1.29 is 19.1 Å². The van der Waals surface area contributed by atoms with E-state index in [0.717, 1.165) is 10.5 Å². The number of carbonyl (C=O) groups excluding carboxylic acids is 3. The van der Waals surface area contributed by atoms with Gasteiger partial charge in [-0.1, -0.05) is 54.1 Å². The van der Waals surface area contributed by atoms with Gasteiger partial charge >= 0.3 is 12.0 Å². The second kappa shape index (κ2) is 8.71. The zero-order valence-corrected chi connectivity index (χ0v) is 16.0. The maximum Gasteiger partial charge on any atom is 0.339 e. The van der Waals surface area contributed by atoms with Gasteiger partial charge in [0.25, 0.3) is 5.91 Å². The first-order valence-corrected chi connectivity index (χ1v) is 9.16. The molecule has 0 saturated carbocycles. The fraction of sp³-hybridized carbons (Fsp3) is 0.190. The number of nitrogens with zero attached hydrogens (tertiary/aromatic N) is 1. The highest BCUT2D eigenvalue weighted by Crippen LogP contribution is 2.23. The molecule has 0 aliphatic carbocycles. The molecule has 0 unspecified atom stereocenters. The number of benzene rings is 2. The van der Waals surface area contributed by atoms with Gasteiger partial charge in [0.1, 0.15) is 0 Å². The highest BCUT2D eigenvalue weighted by molar-refractivity contribution is 6.30. The Kier molecular flexibility index (Phi) is 6.11. The van der Waals surface area contributed by atoms with Gasteiger partial charge < -0.3 is 10.1 Å². The third-order valence-corrected chi connectivity index (χ3v) is 4.49. The summed E-state index contributed by atoms with van der Waals surface area (Å²) in [7, 11) is 0. The van der Waals surface area contributed by atoms with E-state index in [9.17, 15) is 14.4 Å². The van der Waals surface area contributed by atoms with Crippen LogP contribution in [0.3, 0.4) is 0 Å². The monoisotopic (exact) mass is 398 g/mol. The Morgan fingerprint density at radius 2 is 1.82 bits per heavy atom. The van der Waals surface area contributed by atoms with Crippen LogP contribution < -0.4 is 5.32 Å². The number of imide groups is 1. The SMILES string of the molecule is C[C@H](OC(=O)/C(=C/c1ccccc1)c1ccc(Cl)cc1)C(=O)N1CCNC1=O. The van der Waals surface area contributed by atoms with Crippen molar-refractivity contribution in [2.75, 3.05) is 13.1 Å². The Hall–Kier alpha value is -3.12. The molecule has 0 spiro atoms. The van der Waals surface area contributed by atoms with Crippen LogP contribution in [-0.2, 0) is 14.3 Å². The van der Waals surface area contributed by atoms with E-state index in [1.807, 2.05) is 30.3 Å². The molecule has 0 bridgehead atoms. The van der Waals surface area contributed by atoms with Crippen LogP contribution in [0.5, 0.6) is 0 Å². The number of amides is 3. The van der Waals surface area contributed by atoms with Crippen LogP contribution in [0.15, 0.2) is 54.6 Å². The molecule has 1 aliphatic rings. The number of carbonyl (C=O) groups is 3. The number of halogens is 1. The summed E-state index contributed by atoms with van der Waals surface area (Å²) in [6.07, 6.45) is 0.591. The number of ether oxygens (including phenoxy) is 1. The Morgan fingerprint density at radius 3 is 2.43 bits per heavy atom. The van der Waals surface area contributed by atoms with Crippen molar-refractivity contribution in [1.82, 2.24) is 10.2 Å². The third-order valence-electron chi connectivity index (χ3n) is 4.24. The number of hydrogen-bond donors (Lipinski definition) is 1. The predicted octanol–water partition coefficient (Wildman–Crippen LogP) is 3.36. The van der Waals surface area contributed by atoms with Crippen LogP contribution >= 0.6 is 11.6 Å². The van der Waals surface area contributed by atoms with Crippen molar-refractivity contribution in [3.05, 3.63) is 70.7 Å². The lowest BCUT2D eigenvalue weighted by Gasteiger charge is -2.19. The molecule has 3 amide bonds. The van der Waals surface area contributed by atoms with Crippen LogP contribution in [0.25, 0.3) is 11.6 Å². The zero-order chi connectivity index (χ0) is 20.1. The van der Waals surface area contributed by atoms with Crippen LogP contribution in [-0.4, -0.2) is 42.0 Å². The summed E-state index contributed by atoms with van der Waals surface area (Å²) in [5.74, 6) is -1.22. The minimum atomic E-state index is -1.09. The smallest absolute Gasteiger partial charge is 0.339 e. The van der Waals surface area contributed by atoms with Crippen molar-refractivity contribution in [2.24, 2.45) is 0 Å². The molecule has 7 heteroatoms. The van der Waals surface area contributed by atoms with Gasteiger partial charge in [-0.15, -0.1) is 0 Å². The van der Waals surface area contributed by atoms with E-state index in [0.29, 0.717) is 17.1 Å². The van der Waals surface area contributed by atoms with Gasteiger partial charge in [0, 0.05) is 18.1 Å². The van der Waals surface area contributed by atoms with Crippen molar-refractivity contribution >= 4 is 41.2 Å². The van der Waals surface area contributed by atoms with Crippen LogP contribution in [0.2, 0.25) is 5.02 Å². The minimum absolute atomic E-state index is 0.253. The first-order valence-electron chi connectivity index (χ1n) is 8.78. The molecule has 3 rings (SSSR count). The maximum atomic E-state index is 12.8. The van der Waals surface area contributed by atoms with Gasteiger partial charge in [0.05, 0.1) is 5.57 Å². The Morgan fingerprint density at radius 1 is 1.14 bits per heavy atom. The average molecular weight is 399 g/mol. The van der Waals surface area contributed by atoms with E-state index < -0.39 is 24.0 Å². The highest BCUT2D eigenvalue weighted by atomic mass is 35.5. The molecule has 1 fully saturated rings. The summed E-state index contributed by atoms with van der Waals surface area (Å²) in [4.78, 5) is 38.0. The molecule has 0 aromatic heterocycles. The lowest BCUT2D eigenvalue weighted by molar-refractivity contribution is -0.152. The van der Waals surface area contributed by atoms with Crippen molar-refractivity contribution in [2.45, 2.75) is 13.0 Å². The number of urea groups is 1. The maximum absolute atomic E-state index is 12.8. The standard InChI is InChI=1S/C21H19ClN2O4/c1-14(19(25)24-12-11-23-21(24)27)28-20(26)18(13-15-5-3-2-4-6-15)16-7-9-17(22)10-8-16/h2-10,13-14H,11-12H2,1H3,(H,23,27)/b18-13+/t14-/m0/s1. The molecule has 1 aliphatic heterocycles. The largest absolute Gasteiger partial charge is 0.449 e. The summed E-state index contributed by atoms with van der Waals surface area (Å²) < 4.78 is 5.38. The van der Waals surface area contributed by atoms with Gasteiger partial charge in [-0.3, -0.25) is 9.69 Å². The zero-order valence-electron chi connectivity index (χ0n) is 15.2. The molecule has 0 radical (unpaired) electrons. The summed E-state index contributed by atoms with van der Waals surface area (Å²) in [5, 5.41) is 3.09. The van der Waals surface area contributed by atoms with Crippen LogP contribution in [0.1, 0.15) is 18.1 Å². The van der Waals surface area contributed by atoms with Crippen molar-refractivity contribution in [1.29, 1.82) is 0 Å². The van der Waals surface area contributed by atoms with E-state index >= 15 is 0 Å². The number of rotatable bonds is 5. The third kappa shape index (κ3) is 4.58. The Bertz CT molecular complexity index is 910. The molecule has 6 nitrogen and oxygen atoms in total. The first-order chi connectivity index (χ1) is 13.5. The first kappa shape index (κ1) is 19.6. The van der Waals surface area contributed by atoms with E-state index in [2.05, 4.69) is 5.32 Å². The van der Waals surface area contributed by atoms with E-state index in [-0.39, 0.29) is 12.1 Å². The molecular weight excluding hydrogens is 380 g/mol.